The minimum atomic E-state index is -4.77. The molecule has 13 heteroatoms. The van der Waals surface area contributed by atoms with Gasteiger partial charge in [-0.05, 0) is 70.6 Å². The number of carbonyl (C=O) groups excluding carboxylic acids is 2. The summed E-state index contributed by atoms with van der Waals surface area (Å²) in [6.45, 7) is 2.55. The molecule has 0 aliphatic rings. The van der Waals surface area contributed by atoms with Crippen molar-refractivity contribution in [2.24, 2.45) is 5.73 Å². The van der Waals surface area contributed by atoms with E-state index in [-0.39, 0.29) is 12.8 Å². The lowest BCUT2D eigenvalue weighted by Gasteiger charge is -2.20. The largest absolute Gasteiger partial charge is 0.480 e. The molecule has 12 nitrogen and oxygen atoms in total. The number of nitrogens with two attached hydrogens (primary N) is 1. The van der Waals surface area contributed by atoms with Crippen LogP contribution < -0.4 is 5.73 Å². The highest BCUT2D eigenvalue weighted by molar-refractivity contribution is 7.47. The molecule has 5 N–H and O–H groups in total. The zero-order valence-electron chi connectivity index (χ0n) is 35.0. The van der Waals surface area contributed by atoms with Crippen molar-refractivity contribution in [2.45, 2.75) is 180 Å². The Kier molecular flexibility index (Phi) is 36.7. The number of carbonyl (C=O) groups is 3. The Labute approximate surface area is 343 Å². The van der Waals surface area contributed by atoms with Crippen molar-refractivity contribution in [3.05, 3.63) is 60.8 Å². The molecule has 0 aromatic heterocycles. The van der Waals surface area contributed by atoms with Crippen LogP contribution in [-0.2, 0) is 37.5 Å². The number of carboxylic acids is 1. The van der Waals surface area contributed by atoms with Crippen molar-refractivity contribution < 1.29 is 52.6 Å². The Bertz CT molecular complexity index is 1220. The SMILES string of the molecule is CCCCC/C=C\C/C=C\C/C=C\C=C\[C@H](O)CCCC(=O)O[C@H](COC(=O)CCCCCCCCC/C=C\CCCCCC)COP(=O)(O)OC[C@H](N)C(=O)O. The molecule has 1 unspecified atom stereocenters. The fourth-order valence-corrected chi connectivity index (χ4v) is 6.17. The van der Waals surface area contributed by atoms with E-state index in [1.54, 1.807) is 12.2 Å². The Morgan fingerprint density at radius 3 is 1.79 bits per heavy atom. The molecule has 0 fully saturated rings. The van der Waals surface area contributed by atoms with E-state index in [0.29, 0.717) is 19.3 Å². The number of hydrogen-bond acceptors (Lipinski definition) is 10. The minimum Gasteiger partial charge on any atom is -0.480 e. The van der Waals surface area contributed by atoms with Gasteiger partial charge in [0.15, 0.2) is 6.10 Å². The van der Waals surface area contributed by atoms with Crippen molar-refractivity contribution in [3.8, 4) is 0 Å². The second-order valence-corrected chi connectivity index (χ2v) is 15.8. The molecule has 0 radical (unpaired) electrons. The maximum atomic E-state index is 12.6. The molecule has 0 aromatic rings. The van der Waals surface area contributed by atoms with E-state index in [9.17, 15) is 28.9 Å². The molecule has 0 saturated heterocycles. The normalized spacial score (nSPS) is 14.9. The zero-order valence-corrected chi connectivity index (χ0v) is 35.9. The van der Waals surface area contributed by atoms with Gasteiger partial charge in [-0.15, -0.1) is 0 Å². The number of rotatable bonds is 39. The number of allylic oxidation sites excluding steroid dienone is 9. The number of carboxylic acid groups (broad SMARTS) is 1. The third kappa shape index (κ3) is 38.4. The number of aliphatic hydroxyl groups excluding tert-OH is 1. The van der Waals surface area contributed by atoms with Gasteiger partial charge in [0.05, 0.1) is 19.3 Å². The van der Waals surface area contributed by atoms with Gasteiger partial charge in [0.2, 0.25) is 0 Å². The second-order valence-electron chi connectivity index (χ2n) is 14.3. The molecular weight excluding hydrogens is 749 g/mol. The summed E-state index contributed by atoms with van der Waals surface area (Å²) in [6, 6.07) is -1.55. The molecule has 57 heavy (non-hydrogen) atoms. The first-order chi connectivity index (χ1) is 27.5. The Morgan fingerprint density at radius 2 is 1.14 bits per heavy atom. The molecule has 4 atom stereocenters. The fourth-order valence-electron chi connectivity index (χ4n) is 5.40. The van der Waals surface area contributed by atoms with E-state index in [0.717, 1.165) is 51.4 Å². The molecule has 0 aliphatic carbocycles. The summed E-state index contributed by atoms with van der Waals surface area (Å²) in [6.07, 6.45) is 40.3. The van der Waals surface area contributed by atoms with Crippen molar-refractivity contribution in [3.63, 3.8) is 0 Å². The van der Waals surface area contributed by atoms with Crippen LogP contribution in [-0.4, -0.2) is 71.1 Å². The summed E-state index contributed by atoms with van der Waals surface area (Å²) < 4.78 is 32.5. The third-order valence-electron chi connectivity index (χ3n) is 8.84. The molecule has 0 bridgehead atoms. The summed E-state index contributed by atoms with van der Waals surface area (Å²) in [4.78, 5) is 45.9. The lowest BCUT2D eigenvalue weighted by Crippen LogP contribution is -2.34. The highest BCUT2D eigenvalue weighted by Gasteiger charge is 2.28. The van der Waals surface area contributed by atoms with Crippen molar-refractivity contribution in [1.29, 1.82) is 0 Å². The lowest BCUT2D eigenvalue weighted by atomic mass is 10.1. The van der Waals surface area contributed by atoms with Crippen LogP contribution in [0.1, 0.15) is 162 Å². The second kappa shape index (κ2) is 38.6. The van der Waals surface area contributed by atoms with Gasteiger partial charge in [-0.3, -0.25) is 23.4 Å². The van der Waals surface area contributed by atoms with Gasteiger partial charge < -0.3 is 30.3 Å². The van der Waals surface area contributed by atoms with E-state index in [2.05, 4.69) is 54.8 Å². The van der Waals surface area contributed by atoms with Crippen LogP contribution in [0, 0.1) is 0 Å². The van der Waals surface area contributed by atoms with E-state index < -0.39 is 63.8 Å². The van der Waals surface area contributed by atoms with Crippen LogP contribution in [0.5, 0.6) is 0 Å². The van der Waals surface area contributed by atoms with Gasteiger partial charge in [-0.2, -0.15) is 0 Å². The van der Waals surface area contributed by atoms with Crippen molar-refractivity contribution >= 4 is 25.7 Å². The number of esters is 2. The number of phosphoric acid groups is 1. The number of aliphatic hydroxyl groups is 1. The van der Waals surface area contributed by atoms with Crippen LogP contribution >= 0.6 is 7.82 Å². The average molecular weight is 826 g/mol. The monoisotopic (exact) mass is 826 g/mol. The van der Waals surface area contributed by atoms with Gasteiger partial charge in [0.1, 0.15) is 12.6 Å². The molecule has 0 saturated carbocycles. The summed E-state index contributed by atoms with van der Waals surface area (Å²) in [5.41, 5.74) is 5.32. The van der Waals surface area contributed by atoms with Gasteiger partial charge in [-0.1, -0.05) is 139 Å². The Hall–Kier alpha value is -2.86. The molecule has 0 heterocycles. The van der Waals surface area contributed by atoms with Gasteiger partial charge >= 0.3 is 25.7 Å². The molecular formula is C44H76NO11P. The first-order valence-electron chi connectivity index (χ1n) is 21.4. The summed E-state index contributed by atoms with van der Waals surface area (Å²) >= 11 is 0. The quantitative estimate of drug-likeness (QED) is 0.0151. The predicted molar refractivity (Wildman–Crippen MR) is 227 cm³/mol. The van der Waals surface area contributed by atoms with Gasteiger partial charge in [0, 0.05) is 12.8 Å². The van der Waals surface area contributed by atoms with Crippen LogP contribution in [0.15, 0.2) is 60.8 Å². The molecule has 0 amide bonds. The van der Waals surface area contributed by atoms with E-state index >= 15 is 0 Å². The maximum absolute atomic E-state index is 12.6. The molecule has 328 valence electrons. The van der Waals surface area contributed by atoms with Crippen molar-refractivity contribution in [2.75, 3.05) is 19.8 Å². The average Bonchev–Trinajstić information content (AvgIpc) is 3.18. The molecule has 0 rings (SSSR count). The number of ether oxygens (including phenoxy) is 2. The molecule has 0 aromatic carbocycles. The van der Waals surface area contributed by atoms with Crippen LogP contribution in [0.2, 0.25) is 0 Å². The number of hydrogen-bond donors (Lipinski definition) is 4. The van der Waals surface area contributed by atoms with Crippen molar-refractivity contribution in [1.82, 2.24) is 0 Å². The van der Waals surface area contributed by atoms with Crippen LogP contribution in [0.3, 0.4) is 0 Å². The Balaban J connectivity index is 4.59. The van der Waals surface area contributed by atoms with E-state index in [1.165, 1.54) is 64.2 Å². The first kappa shape index (κ1) is 54.1. The van der Waals surface area contributed by atoms with E-state index in [4.69, 9.17) is 24.8 Å². The van der Waals surface area contributed by atoms with Crippen LogP contribution in [0.4, 0.5) is 0 Å². The van der Waals surface area contributed by atoms with E-state index in [1.807, 2.05) is 12.2 Å². The topological polar surface area (TPSA) is 192 Å². The Morgan fingerprint density at radius 1 is 0.632 bits per heavy atom. The minimum absolute atomic E-state index is 0.0698. The smallest absolute Gasteiger partial charge is 0.472 e. The number of unbranched alkanes of at least 4 members (excludes halogenated alkanes) is 14. The lowest BCUT2D eigenvalue weighted by molar-refractivity contribution is -0.161. The van der Waals surface area contributed by atoms with Gasteiger partial charge in [0.25, 0.3) is 0 Å². The summed E-state index contributed by atoms with van der Waals surface area (Å²) in [7, 11) is -4.77. The van der Waals surface area contributed by atoms with Gasteiger partial charge in [-0.25, -0.2) is 4.57 Å². The standard InChI is InChI=1S/C44H76NO11P/c1-3-5-7-9-11-13-15-17-18-20-22-24-26-28-30-34-42(47)53-36-40(37-54-57(51,52)55-38-41(45)44(49)50)56-43(48)35-31-33-39(46)32-29-27-25-23-21-19-16-14-12-10-8-6-4-2/h12-15,19,21,25,27,29,32,39-41,46H,3-11,16-18,20,22-24,26,28,30-31,33-38,45H2,1-2H3,(H,49,50)(H,51,52)/b14-12-,15-13-,21-19-,27-25-,32-29+/t39-,40+,41-/m0/s1. The molecule has 0 aliphatic heterocycles. The third-order valence-corrected chi connectivity index (χ3v) is 9.79. The highest BCUT2D eigenvalue weighted by Crippen LogP contribution is 2.43. The summed E-state index contributed by atoms with van der Waals surface area (Å²) in [5, 5.41) is 19.2. The number of phosphoric ester groups is 1. The summed E-state index contributed by atoms with van der Waals surface area (Å²) in [5.74, 6) is -2.62. The predicted octanol–water partition coefficient (Wildman–Crippen LogP) is 10.1. The zero-order chi connectivity index (χ0) is 42.2. The fraction of sp³-hybridized carbons (Fsp3) is 0.705. The molecule has 0 spiro atoms. The highest BCUT2D eigenvalue weighted by atomic mass is 31.2. The first-order valence-corrected chi connectivity index (χ1v) is 22.9. The maximum Gasteiger partial charge on any atom is 0.472 e. The van der Waals surface area contributed by atoms with Crippen LogP contribution in [0.25, 0.3) is 0 Å². The number of aliphatic carboxylic acids is 1.